The highest BCUT2D eigenvalue weighted by Crippen LogP contribution is 2.34. The number of carbonyl (C=O) groups excluding carboxylic acids is 1. The van der Waals surface area contributed by atoms with Gasteiger partial charge in [0.1, 0.15) is 30.1 Å². The van der Waals surface area contributed by atoms with Crippen LogP contribution in [0, 0.1) is 0 Å². The minimum absolute atomic E-state index is 0.309. The third kappa shape index (κ3) is 4.84. The molecule has 4 aromatic rings. The highest BCUT2D eigenvalue weighted by atomic mass is 16.5. The Bertz CT molecular complexity index is 1160. The van der Waals surface area contributed by atoms with E-state index in [1.807, 2.05) is 30.3 Å². The van der Waals surface area contributed by atoms with Crippen LogP contribution in [0.15, 0.2) is 79.3 Å². The largest absolute Gasteiger partial charge is 0.497 e. The molecule has 7 nitrogen and oxygen atoms in total. The number of aromatic nitrogens is 3. The fourth-order valence-electron chi connectivity index (χ4n) is 2.87. The van der Waals surface area contributed by atoms with Crippen LogP contribution in [0.25, 0.3) is 11.3 Å². The van der Waals surface area contributed by atoms with E-state index in [0.717, 1.165) is 17.6 Å². The summed E-state index contributed by atoms with van der Waals surface area (Å²) in [6, 6.07) is 18.0. The van der Waals surface area contributed by atoms with E-state index in [-0.39, 0.29) is 0 Å². The number of hydrogen-bond donors (Lipinski definition) is 0. The van der Waals surface area contributed by atoms with Crippen molar-refractivity contribution in [2.75, 3.05) is 7.11 Å². The molecule has 7 heteroatoms. The van der Waals surface area contributed by atoms with Gasteiger partial charge >= 0.3 is 0 Å². The van der Waals surface area contributed by atoms with Gasteiger partial charge in [0.05, 0.1) is 12.7 Å². The molecule has 0 unspecified atom stereocenters. The smallest absolute Gasteiger partial charge is 0.246 e. The summed E-state index contributed by atoms with van der Waals surface area (Å²) >= 11 is 0. The van der Waals surface area contributed by atoms with E-state index in [2.05, 4.69) is 15.0 Å². The van der Waals surface area contributed by atoms with Crippen LogP contribution < -0.4 is 14.2 Å². The summed E-state index contributed by atoms with van der Waals surface area (Å²) in [5, 5.41) is 0. The van der Waals surface area contributed by atoms with Crippen LogP contribution in [0.4, 0.5) is 0 Å². The topological polar surface area (TPSA) is 83.4 Å². The molecule has 2 aromatic carbocycles. The zero-order valence-corrected chi connectivity index (χ0v) is 16.8. The number of benzene rings is 2. The Morgan fingerprint density at radius 3 is 2.26 bits per heavy atom. The van der Waals surface area contributed by atoms with Crippen molar-refractivity contribution in [1.82, 2.24) is 15.0 Å². The molecule has 0 saturated heterocycles. The molecule has 0 radical (unpaired) electrons. The first-order chi connectivity index (χ1) is 15.3. The summed E-state index contributed by atoms with van der Waals surface area (Å²) < 4.78 is 17.1. The highest BCUT2D eigenvalue weighted by Gasteiger charge is 2.16. The molecule has 0 saturated carbocycles. The van der Waals surface area contributed by atoms with Crippen molar-refractivity contribution in [2.45, 2.75) is 6.61 Å². The zero-order valence-electron chi connectivity index (χ0n) is 16.8. The van der Waals surface area contributed by atoms with E-state index in [4.69, 9.17) is 14.2 Å². The van der Waals surface area contributed by atoms with E-state index in [9.17, 15) is 4.79 Å². The minimum Gasteiger partial charge on any atom is -0.497 e. The number of methoxy groups -OCH3 is 1. The first kappa shape index (κ1) is 20.0. The van der Waals surface area contributed by atoms with Gasteiger partial charge in [0.25, 0.3) is 0 Å². The van der Waals surface area contributed by atoms with Gasteiger partial charge in [0.2, 0.25) is 11.8 Å². The Kier molecular flexibility index (Phi) is 6.13. The maximum Gasteiger partial charge on any atom is 0.246 e. The Morgan fingerprint density at radius 1 is 0.806 bits per heavy atom. The maximum atomic E-state index is 10.9. The molecule has 0 N–H and O–H groups in total. The fourth-order valence-corrected chi connectivity index (χ4v) is 2.87. The van der Waals surface area contributed by atoms with Crippen molar-refractivity contribution >= 4 is 6.29 Å². The van der Waals surface area contributed by atoms with Crippen LogP contribution in [0.1, 0.15) is 15.9 Å². The van der Waals surface area contributed by atoms with Gasteiger partial charge < -0.3 is 14.2 Å². The van der Waals surface area contributed by atoms with E-state index in [0.29, 0.717) is 40.9 Å². The fraction of sp³-hybridized carbons (Fsp3) is 0.0833. The van der Waals surface area contributed by atoms with Gasteiger partial charge in [-0.3, -0.25) is 4.79 Å². The molecule has 0 amide bonds. The van der Waals surface area contributed by atoms with Crippen molar-refractivity contribution in [3.63, 3.8) is 0 Å². The lowest BCUT2D eigenvalue weighted by Gasteiger charge is -2.13. The van der Waals surface area contributed by atoms with Crippen LogP contribution in [-0.2, 0) is 6.61 Å². The minimum atomic E-state index is 0.309. The van der Waals surface area contributed by atoms with Crippen LogP contribution >= 0.6 is 0 Å². The number of pyridine rings is 1. The first-order valence-corrected chi connectivity index (χ1v) is 9.52. The molecule has 0 bridgehead atoms. The average molecular weight is 413 g/mol. The second-order valence-electron chi connectivity index (χ2n) is 6.49. The van der Waals surface area contributed by atoms with E-state index < -0.39 is 0 Å². The van der Waals surface area contributed by atoms with Crippen molar-refractivity contribution in [3.8, 4) is 34.5 Å². The Hall–Kier alpha value is -4.26. The number of hydrogen-bond acceptors (Lipinski definition) is 7. The highest BCUT2D eigenvalue weighted by molar-refractivity contribution is 5.75. The predicted molar refractivity (Wildman–Crippen MR) is 114 cm³/mol. The van der Waals surface area contributed by atoms with E-state index in [1.54, 1.807) is 56.0 Å². The molecule has 154 valence electrons. The number of ether oxygens (including phenoxy) is 3. The molecule has 0 aliphatic heterocycles. The molecule has 2 heterocycles. The number of aldehydes is 1. The van der Waals surface area contributed by atoms with Gasteiger partial charge in [-0.15, -0.1) is 0 Å². The third-order valence-electron chi connectivity index (χ3n) is 4.46. The van der Waals surface area contributed by atoms with E-state index >= 15 is 0 Å². The summed E-state index contributed by atoms with van der Waals surface area (Å²) in [6.07, 6.45) is 5.56. The molecule has 31 heavy (non-hydrogen) atoms. The molecule has 0 aliphatic carbocycles. The molecule has 0 fully saturated rings. The maximum absolute atomic E-state index is 10.9. The summed E-state index contributed by atoms with van der Waals surface area (Å²) in [4.78, 5) is 24.0. The normalized spacial score (nSPS) is 10.4. The lowest BCUT2D eigenvalue weighted by atomic mass is 10.2. The third-order valence-corrected chi connectivity index (χ3v) is 4.46. The summed E-state index contributed by atoms with van der Waals surface area (Å²) in [6.45, 7) is 0.331. The number of rotatable bonds is 8. The van der Waals surface area contributed by atoms with Crippen LogP contribution in [-0.4, -0.2) is 28.3 Å². The second kappa shape index (κ2) is 9.49. The zero-order chi connectivity index (χ0) is 21.5. The first-order valence-electron chi connectivity index (χ1n) is 9.52. The van der Waals surface area contributed by atoms with Crippen LogP contribution in [0.3, 0.4) is 0 Å². The van der Waals surface area contributed by atoms with Gasteiger partial charge in [-0.1, -0.05) is 12.1 Å². The predicted octanol–water partition coefficient (Wildman–Crippen LogP) is 4.73. The second-order valence-corrected chi connectivity index (χ2v) is 6.49. The Morgan fingerprint density at radius 2 is 1.52 bits per heavy atom. The van der Waals surface area contributed by atoms with E-state index in [1.165, 1.54) is 0 Å². The summed E-state index contributed by atoms with van der Waals surface area (Å²) in [5.74, 6) is 2.05. The lowest BCUT2D eigenvalue weighted by Crippen LogP contribution is -2.01. The standard InChI is InChI=1S/C24H19N3O4/c1-29-19-8-6-18(7-9-19)16-30-23-21(3-2-12-26-23)22-24(27-14-13-25-22)31-20-10-4-17(15-28)5-11-20/h2-15H,16H2,1H3. The summed E-state index contributed by atoms with van der Waals surface area (Å²) in [5.41, 5.74) is 2.69. The number of carbonyl (C=O) groups is 1. The van der Waals surface area contributed by atoms with Crippen molar-refractivity contribution in [2.24, 2.45) is 0 Å². The molecular formula is C24H19N3O4. The van der Waals surface area contributed by atoms with Gasteiger partial charge in [-0.2, -0.15) is 0 Å². The molecule has 0 aliphatic rings. The van der Waals surface area contributed by atoms with Gasteiger partial charge in [-0.25, -0.2) is 15.0 Å². The quantitative estimate of drug-likeness (QED) is 0.386. The monoisotopic (exact) mass is 413 g/mol. The number of nitrogens with zero attached hydrogens (tertiary/aromatic N) is 3. The van der Waals surface area contributed by atoms with Crippen LogP contribution in [0.2, 0.25) is 0 Å². The molecule has 0 atom stereocenters. The average Bonchev–Trinajstić information content (AvgIpc) is 2.84. The summed E-state index contributed by atoms with van der Waals surface area (Å²) in [7, 11) is 1.63. The molecule has 0 spiro atoms. The molecular weight excluding hydrogens is 394 g/mol. The molecule has 4 rings (SSSR count). The van der Waals surface area contributed by atoms with Crippen molar-refractivity contribution < 1.29 is 19.0 Å². The van der Waals surface area contributed by atoms with Crippen LogP contribution in [0.5, 0.6) is 23.3 Å². The lowest BCUT2D eigenvalue weighted by molar-refractivity contribution is 0.112. The Labute approximate surface area is 179 Å². The van der Waals surface area contributed by atoms with Crippen molar-refractivity contribution in [1.29, 1.82) is 0 Å². The van der Waals surface area contributed by atoms with Gasteiger partial charge in [-0.05, 0) is 54.1 Å². The van der Waals surface area contributed by atoms with Gasteiger partial charge in [0, 0.05) is 24.2 Å². The van der Waals surface area contributed by atoms with Crippen molar-refractivity contribution in [3.05, 3.63) is 90.4 Å². The SMILES string of the molecule is COc1ccc(COc2ncccc2-c2nccnc2Oc2ccc(C=O)cc2)cc1. The molecule has 2 aromatic heterocycles. The van der Waals surface area contributed by atoms with Gasteiger partial charge in [0.15, 0.2) is 0 Å². The Balaban J connectivity index is 1.58.